The zero-order valence-electron chi connectivity index (χ0n) is 14.4. The van der Waals surface area contributed by atoms with E-state index in [2.05, 4.69) is 15.0 Å². The Hall–Kier alpha value is -1.96. The number of benzene rings is 1. The SMILES string of the molecule is CN(C)CCCN(C(=O)c1ccn(C)n1)c1nc2c(Cl)cccc2s1. The van der Waals surface area contributed by atoms with Gasteiger partial charge in [0, 0.05) is 19.8 Å². The number of amides is 1. The van der Waals surface area contributed by atoms with E-state index in [1.807, 2.05) is 32.3 Å². The Labute approximate surface area is 155 Å². The summed E-state index contributed by atoms with van der Waals surface area (Å²) >= 11 is 7.71. The number of aryl methyl sites for hydroxylation is 1. The number of carbonyl (C=O) groups excluding carboxylic acids is 1. The van der Waals surface area contributed by atoms with Crippen LogP contribution in [-0.4, -0.2) is 52.8 Å². The molecule has 0 aliphatic rings. The Morgan fingerprint density at radius 3 is 2.72 bits per heavy atom. The fourth-order valence-corrected chi connectivity index (χ4v) is 3.80. The standard InChI is InChI=1S/C17H20ClN5OS/c1-21(2)9-5-10-23(16(24)13-8-11-22(3)20-13)17-19-15-12(18)6-4-7-14(15)25-17/h4,6-8,11H,5,9-10H2,1-3H3. The Kier molecular flexibility index (Phi) is 5.36. The van der Waals surface area contributed by atoms with Crippen molar-refractivity contribution in [3.63, 3.8) is 0 Å². The summed E-state index contributed by atoms with van der Waals surface area (Å²) in [5.74, 6) is -0.144. The number of thiazole rings is 1. The highest BCUT2D eigenvalue weighted by Gasteiger charge is 2.23. The molecule has 6 nitrogen and oxygen atoms in total. The van der Waals surface area contributed by atoms with Crippen molar-refractivity contribution < 1.29 is 4.79 Å². The number of anilines is 1. The van der Waals surface area contributed by atoms with Gasteiger partial charge in [0.05, 0.1) is 9.72 Å². The number of rotatable bonds is 6. The Morgan fingerprint density at radius 1 is 1.28 bits per heavy atom. The zero-order valence-corrected chi connectivity index (χ0v) is 16.0. The van der Waals surface area contributed by atoms with E-state index in [-0.39, 0.29) is 5.91 Å². The highest BCUT2D eigenvalue weighted by atomic mass is 35.5. The van der Waals surface area contributed by atoms with Gasteiger partial charge in [0.1, 0.15) is 5.52 Å². The number of hydrogen-bond acceptors (Lipinski definition) is 5. The van der Waals surface area contributed by atoms with E-state index < -0.39 is 0 Å². The summed E-state index contributed by atoms with van der Waals surface area (Å²) in [5, 5.41) is 5.48. The first-order valence-electron chi connectivity index (χ1n) is 7.97. The minimum absolute atomic E-state index is 0.144. The van der Waals surface area contributed by atoms with Crippen LogP contribution in [0.25, 0.3) is 10.2 Å². The summed E-state index contributed by atoms with van der Waals surface area (Å²) in [5.41, 5.74) is 1.15. The number of hydrogen-bond donors (Lipinski definition) is 0. The van der Waals surface area contributed by atoms with Crippen molar-refractivity contribution in [1.82, 2.24) is 19.7 Å². The highest BCUT2D eigenvalue weighted by molar-refractivity contribution is 7.22. The molecule has 0 atom stereocenters. The van der Waals surface area contributed by atoms with Crippen molar-refractivity contribution in [2.45, 2.75) is 6.42 Å². The van der Waals surface area contributed by atoms with Crippen LogP contribution in [0, 0.1) is 0 Å². The summed E-state index contributed by atoms with van der Waals surface area (Å²) in [6.07, 6.45) is 2.61. The number of carbonyl (C=O) groups is 1. The molecule has 2 aromatic heterocycles. The highest BCUT2D eigenvalue weighted by Crippen LogP contribution is 2.33. The second kappa shape index (κ2) is 7.51. The minimum Gasteiger partial charge on any atom is -0.309 e. The maximum absolute atomic E-state index is 13.0. The summed E-state index contributed by atoms with van der Waals surface area (Å²) in [7, 11) is 5.83. The quantitative estimate of drug-likeness (QED) is 0.661. The predicted molar refractivity (Wildman–Crippen MR) is 103 cm³/mol. The van der Waals surface area contributed by atoms with Crippen LogP contribution in [-0.2, 0) is 7.05 Å². The average Bonchev–Trinajstić information content (AvgIpc) is 3.18. The lowest BCUT2D eigenvalue weighted by molar-refractivity contribution is 0.0980. The van der Waals surface area contributed by atoms with E-state index in [9.17, 15) is 4.79 Å². The monoisotopic (exact) mass is 377 g/mol. The molecule has 0 fully saturated rings. The third kappa shape index (κ3) is 4.00. The van der Waals surface area contributed by atoms with Crippen molar-refractivity contribution in [3.05, 3.63) is 41.2 Å². The molecule has 3 rings (SSSR count). The Morgan fingerprint density at radius 2 is 2.08 bits per heavy atom. The lowest BCUT2D eigenvalue weighted by atomic mass is 10.3. The van der Waals surface area contributed by atoms with Gasteiger partial charge in [0.2, 0.25) is 0 Å². The molecule has 0 N–H and O–H groups in total. The first kappa shape index (κ1) is 17.8. The van der Waals surface area contributed by atoms with Crippen LogP contribution in [0.15, 0.2) is 30.5 Å². The molecular formula is C17H20ClN5OS. The maximum Gasteiger partial charge on any atom is 0.280 e. The molecule has 3 aromatic rings. The molecule has 0 unspecified atom stereocenters. The van der Waals surface area contributed by atoms with Crippen LogP contribution in [0.1, 0.15) is 16.9 Å². The van der Waals surface area contributed by atoms with Gasteiger partial charge < -0.3 is 4.90 Å². The first-order chi connectivity index (χ1) is 12.0. The van der Waals surface area contributed by atoms with Gasteiger partial charge in [-0.2, -0.15) is 5.10 Å². The van der Waals surface area contributed by atoms with Crippen molar-refractivity contribution in [2.75, 3.05) is 32.1 Å². The Balaban J connectivity index is 1.93. The van der Waals surface area contributed by atoms with Crippen LogP contribution >= 0.6 is 22.9 Å². The van der Waals surface area contributed by atoms with Crippen molar-refractivity contribution in [1.29, 1.82) is 0 Å². The van der Waals surface area contributed by atoms with Gasteiger partial charge in [0.15, 0.2) is 10.8 Å². The van der Waals surface area contributed by atoms with Crippen LogP contribution in [0.3, 0.4) is 0 Å². The van der Waals surface area contributed by atoms with Gasteiger partial charge in [-0.25, -0.2) is 4.98 Å². The van der Waals surface area contributed by atoms with Gasteiger partial charge in [0.25, 0.3) is 5.91 Å². The first-order valence-corrected chi connectivity index (χ1v) is 9.16. The van der Waals surface area contributed by atoms with Gasteiger partial charge in [-0.3, -0.25) is 14.4 Å². The van der Waals surface area contributed by atoms with E-state index in [1.54, 1.807) is 28.9 Å². The molecule has 2 heterocycles. The minimum atomic E-state index is -0.144. The fourth-order valence-electron chi connectivity index (χ4n) is 2.52. The van der Waals surface area contributed by atoms with Crippen molar-refractivity contribution in [2.24, 2.45) is 7.05 Å². The van der Waals surface area contributed by atoms with Gasteiger partial charge >= 0.3 is 0 Å². The summed E-state index contributed by atoms with van der Waals surface area (Å²) in [6, 6.07) is 7.39. The molecule has 0 bridgehead atoms. The molecular weight excluding hydrogens is 358 g/mol. The van der Waals surface area contributed by atoms with E-state index in [0.717, 1.165) is 23.2 Å². The summed E-state index contributed by atoms with van der Waals surface area (Å²) < 4.78 is 2.59. The summed E-state index contributed by atoms with van der Waals surface area (Å²) in [6.45, 7) is 1.46. The predicted octanol–water partition coefficient (Wildman–Crippen LogP) is 3.28. The molecule has 8 heteroatoms. The number of nitrogens with zero attached hydrogens (tertiary/aromatic N) is 5. The fraction of sp³-hybridized carbons (Fsp3) is 0.353. The molecule has 0 spiro atoms. The number of aromatic nitrogens is 3. The molecule has 1 amide bonds. The van der Waals surface area contributed by atoms with Crippen LogP contribution in [0.4, 0.5) is 5.13 Å². The van der Waals surface area contributed by atoms with Crippen LogP contribution < -0.4 is 4.90 Å². The second-order valence-electron chi connectivity index (χ2n) is 6.07. The zero-order chi connectivity index (χ0) is 18.0. The van der Waals surface area contributed by atoms with E-state index in [1.165, 1.54) is 11.3 Å². The van der Waals surface area contributed by atoms with E-state index in [0.29, 0.717) is 22.4 Å². The van der Waals surface area contributed by atoms with E-state index in [4.69, 9.17) is 11.6 Å². The molecule has 0 aliphatic heterocycles. The lowest BCUT2D eigenvalue weighted by Gasteiger charge is -2.20. The van der Waals surface area contributed by atoms with Gasteiger partial charge in [-0.1, -0.05) is 29.0 Å². The molecule has 25 heavy (non-hydrogen) atoms. The van der Waals surface area contributed by atoms with Crippen molar-refractivity contribution >= 4 is 44.2 Å². The number of para-hydroxylation sites is 1. The van der Waals surface area contributed by atoms with Crippen molar-refractivity contribution in [3.8, 4) is 0 Å². The largest absolute Gasteiger partial charge is 0.309 e. The van der Waals surface area contributed by atoms with Gasteiger partial charge in [-0.05, 0) is 45.3 Å². The van der Waals surface area contributed by atoms with Gasteiger partial charge in [-0.15, -0.1) is 0 Å². The molecule has 1 aromatic carbocycles. The molecule has 0 aliphatic carbocycles. The molecule has 0 saturated carbocycles. The molecule has 0 saturated heterocycles. The smallest absolute Gasteiger partial charge is 0.280 e. The normalized spacial score (nSPS) is 11.4. The topological polar surface area (TPSA) is 54.3 Å². The molecule has 0 radical (unpaired) electrons. The maximum atomic E-state index is 13.0. The van der Waals surface area contributed by atoms with Crippen LogP contribution in [0.5, 0.6) is 0 Å². The second-order valence-corrected chi connectivity index (χ2v) is 7.49. The lowest BCUT2D eigenvalue weighted by Crippen LogP contribution is -2.33. The van der Waals surface area contributed by atoms with Crippen LogP contribution in [0.2, 0.25) is 5.02 Å². The third-order valence-electron chi connectivity index (χ3n) is 3.75. The average molecular weight is 378 g/mol. The van der Waals surface area contributed by atoms with E-state index >= 15 is 0 Å². The molecule has 132 valence electrons. The Bertz CT molecular complexity index is 888. The number of halogens is 1. The summed E-state index contributed by atoms with van der Waals surface area (Å²) in [4.78, 5) is 21.4. The third-order valence-corrected chi connectivity index (χ3v) is 5.10. The number of fused-ring (bicyclic) bond motifs is 1.